The van der Waals surface area contributed by atoms with E-state index in [1.807, 2.05) is 6.07 Å². The van der Waals surface area contributed by atoms with Crippen LogP contribution in [0.25, 0.3) is 0 Å². The first-order valence-electron chi connectivity index (χ1n) is 6.10. The average Bonchev–Trinajstić information content (AvgIpc) is 2.32. The molecule has 1 spiro atoms. The molecule has 5 heteroatoms. The predicted octanol–water partition coefficient (Wildman–Crippen LogP) is 3.99. The van der Waals surface area contributed by atoms with E-state index in [-0.39, 0.29) is 5.91 Å². The number of nitrogens with one attached hydrogen (secondary N) is 1. The summed E-state index contributed by atoms with van der Waals surface area (Å²) in [6.45, 7) is 0. The van der Waals surface area contributed by atoms with Crippen molar-refractivity contribution in [3.8, 4) is 5.75 Å². The highest BCUT2D eigenvalue weighted by molar-refractivity contribution is 9.11. The Morgan fingerprint density at radius 2 is 1.89 bits per heavy atom. The highest BCUT2D eigenvalue weighted by Gasteiger charge is 2.41. The standard InChI is InChI=1S/C13H13Br2NO2/c14-8-6-9-11(10(15)7-8)18-13(16-12(9)17)4-2-1-3-5-13/h6-7H,1-5H2,(H,16,17). The van der Waals surface area contributed by atoms with Crippen molar-refractivity contribution in [1.29, 1.82) is 0 Å². The molecule has 3 rings (SSSR count). The molecule has 18 heavy (non-hydrogen) atoms. The highest BCUT2D eigenvalue weighted by atomic mass is 79.9. The van der Waals surface area contributed by atoms with Gasteiger partial charge in [-0.25, -0.2) is 0 Å². The van der Waals surface area contributed by atoms with Crippen molar-refractivity contribution in [2.45, 2.75) is 37.8 Å². The van der Waals surface area contributed by atoms with Gasteiger partial charge in [-0.3, -0.25) is 4.79 Å². The average molecular weight is 375 g/mol. The second kappa shape index (κ2) is 4.53. The maximum Gasteiger partial charge on any atom is 0.258 e. The van der Waals surface area contributed by atoms with Crippen LogP contribution in [0.15, 0.2) is 21.1 Å². The summed E-state index contributed by atoms with van der Waals surface area (Å²) in [6.07, 6.45) is 5.20. The van der Waals surface area contributed by atoms with Crippen molar-refractivity contribution >= 4 is 37.8 Å². The number of fused-ring (bicyclic) bond motifs is 1. The summed E-state index contributed by atoms with van der Waals surface area (Å²) in [7, 11) is 0. The summed E-state index contributed by atoms with van der Waals surface area (Å²) in [5, 5.41) is 3.04. The molecule has 3 nitrogen and oxygen atoms in total. The quantitative estimate of drug-likeness (QED) is 0.745. The summed E-state index contributed by atoms with van der Waals surface area (Å²) < 4.78 is 7.81. The van der Waals surface area contributed by atoms with Crippen molar-refractivity contribution in [3.05, 3.63) is 26.6 Å². The third-order valence-electron chi connectivity index (χ3n) is 3.55. The van der Waals surface area contributed by atoms with E-state index < -0.39 is 5.72 Å². The van der Waals surface area contributed by atoms with E-state index in [0.717, 1.165) is 34.6 Å². The smallest absolute Gasteiger partial charge is 0.258 e. The van der Waals surface area contributed by atoms with Gasteiger partial charge >= 0.3 is 0 Å². The molecular weight excluding hydrogens is 362 g/mol. The summed E-state index contributed by atoms with van der Waals surface area (Å²) in [6, 6.07) is 3.71. The monoisotopic (exact) mass is 373 g/mol. The van der Waals surface area contributed by atoms with Gasteiger partial charge in [0.05, 0.1) is 10.0 Å². The predicted molar refractivity (Wildman–Crippen MR) is 75.8 cm³/mol. The minimum atomic E-state index is -0.487. The summed E-state index contributed by atoms with van der Waals surface area (Å²) >= 11 is 6.87. The second-order valence-corrected chi connectivity index (χ2v) is 6.65. The lowest BCUT2D eigenvalue weighted by molar-refractivity contribution is -0.00925. The third kappa shape index (κ3) is 2.07. The highest BCUT2D eigenvalue weighted by Crippen LogP contribution is 2.41. The lowest BCUT2D eigenvalue weighted by Crippen LogP contribution is -2.57. The van der Waals surface area contributed by atoms with E-state index >= 15 is 0 Å². The molecule has 1 heterocycles. The topological polar surface area (TPSA) is 38.3 Å². The van der Waals surface area contributed by atoms with E-state index in [0.29, 0.717) is 11.3 Å². The number of rotatable bonds is 0. The Hall–Kier alpha value is -0.550. The van der Waals surface area contributed by atoms with Crippen LogP contribution < -0.4 is 10.1 Å². The first-order chi connectivity index (χ1) is 8.60. The molecule has 1 aliphatic carbocycles. The zero-order valence-corrected chi connectivity index (χ0v) is 12.9. The van der Waals surface area contributed by atoms with Gasteiger partial charge in [-0.15, -0.1) is 0 Å². The van der Waals surface area contributed by atoms with Gasteiger partial charge in [0.15, 0.2) is 5.72 Å². The Morgan fingerprint density at radius 1 is 1.17 bits per heavy atom. The van der Waals surface area contributed by atoms with Crippen LogP contribution in [0.4, 0.5) is 0 Å². The van der Waals surface area contributed by atoms with Crippen molar-refractivity contribution in [3.63, 3.8) is 0 Å². The van der Waals surface area contributed by atoms with Crippen LogP contribution in [0, 0.1) is 0 Å². The Kier molecular flexibility index (Phi) is 3.14. The molecule has 96 valence electrons. The molecule has 1 aromatic carbocycles. The van der Waals surface area contributed by atoms with E-state index in [4.69, 9.17) is 4.74 Å². The normalized spacial score (nSPS) is 21.1. The Morgan fingerprint density at radius 3 is 2.61 bits per heavy atom. The van der Waals surface area contributed by atoms with Gasteiger partial charge in [0, 0.05) is 17.3 Å². The molecule has 0 aromatic heterocycles. The lowest BCUT2D eigenvalue weighted by Gasteiger charge is -2.41. The number of carbonyl (C=O) groups is 1. The molecular formula is C13H13Br2NO2. The van der Waals surface area contributed by atoms with Crippen LogP contribution in [0.3, 0.4) is 0 Å². The molecule has 2 aliphatic rings. The van der Waals surface area contributed by atoms with Gasteiger partial charge in [0.2, 0.25) is 0 Å². The van der Waals surface area contributed by atoms with Crippen molar-refractivity contribution in [2.24, 2.45) is 0 Å². The molecule has 1 saturated carbocycles. The maximum atomic E-state index is 12.2. The number of carbonyl (C=O) groups excluding carboxylic acids is 1. The first kappa shape index (κ1) is 12.5. The molecule has 1 amide bonds. The van der Waals surface area contributed by atoms with E-state index in [9.17, 15) is 4.79 Å². The van der Waals surface area contributed by atoms with Crippen LogP contribution >= 0.6 is 31.9 Å². The van der Waals surface area contributed by atoms with Gasteiger partial charge in [-0.2, -0.15) is 0 Å². The molecule has 0 unspecified atom stereocenters. The fourth-order valence-electron chi connectivity index (χ4n) is 2.68. The largest absolute Gasteiger partial charge is 0.466 e. The van der Waals surface area contributed by atoms with Crippen molar-refractivity contribution < 1.29 is 9.53 Å². The van der Waals surface area contributed by atoms with Crippen LogP contribution in [-0.2, 0) is 0 Å². The molecule has 0 bridgehead atoms. The van der Waals surface area contributed by atoms with Crippen LogP contribution in [0.1, 0.15) is 42.5 Å². The Balaban J connectivity index is 2.04. The SMILES string of the molecule is O=C1NC2(CCCCC2)Oc2c(Br)cc(Br)cc21. The molecule has 1 N–H and O–H groups in total. The number of hydrogen-bond acceptors (Lipinski definition) is 2. The van der Waals surface area contributed by atoms with E-state index in [2.05, 4.69) is 37.2 Å². The van der Waals surface area contributed by atoms with E-state index in [1.54, 1.807) is 6.07 Å². The second-order valence-electron chi connectivity index (χ2n) is 4.88. The summed E-state index contributed by atoms with van der Waals surface area (Å²) in [5.74, 6) is 0.629. The molecule has 1 aliphatic heterocycles. The first-order valence-corrected chi connectivity index (χ1v) is 7.69. The van der Waals surface area contributed by atoms with Crippen molar-refractivity contribution in [1.82, 2.24) is 5.32 Å². The molecule has 1 aromatic rings. The fraction of sp³-hybridized carbons (Fsp3) is 0.462. The van der Waals surface area contributed by atoms with E-state index in [1.165, 1.54) is 6.42 Å². The Bertz CT molecular complexity index is 510. The van der Waals surface area contributed by atoms with Gasteiger partial charge in [-0.1, -0.05) is 22.4 Å². The minimum absolute atomic E-state index is 0.0415. The van der Waals surface area contributed by atoms with Crippen molar-refractivity contribution in [2.75, 3.05) is 0 Å². The van der Waals surface area contributed by atoms with Gasteiger partial charge in [-0.05, 0) is 40.9 Å². The number of ether oxygens (including phenoxy) is 1. The zero-order valence-electron chi connectivity index (χ0n) is 9.76. The summed E-state index contributed by atoms with van der Waals surface area (Å²) in [4.78, 5) is 12.2. The number of amides is 1. The zero-order chi connectivity index (χ0) is 12.8. The minimum Gasteiger partial charge on any atom is -0.466 e. The van der Waals surface area contributed by atoms with Crippen LogP contribution in [0.5, 0.6) is 5.75 Å². The molecule has 0 radical (unpaired) electrons. The third-order valence-corrected chi connectivity index (χ3v) is 4.60. The number of hydrogen-bond donors (Lipinski definition) is 1. The molecule has 1 fully saturated rings. The lowest BCUT2D eigenvalue weighted by atomic mass is 9.90. The van der Waals surface area contributed by atoms with Gasteiger partial charge < -0.3 is 10.1 Å². The molecule has 0 atom stereocenters. The number of benzene rings is 1. The van der Waals surface area contributed by atoms with Crippen LogP contribution in [0.2, 0.25) is 0 Å². The summed E-state index contributed by atoms with van der Waals surface area (Å²) in [5.41, 5.74) is 0.103. The van der Waals surface area contributed by atoms with Gasteiger partial charge in [0.1, 0.15) is 5.75 Å². The Labute approximate surface area is 123 Å². The number of halogens is 2. The van der Waals surface area contributed by atoms with Gasteiger partial charge in [0.25, 0.3) is 5.91 Å². The fourth-order valence-corrected chi connectivity index (χ4v) is 3.98. The molecule has 0 saturated heterocycles. The van der Waals surface area contributed by atoms with Crippen LogP contribution in [-0.4, -0.2) is 11.6 Å². The maximum absolute atomic E-state index is 12.2.